The number of imidazole rings is 1. The molecule has 9 nitrogen and oxygen atoms in total. The molecule has 0 aliphatic carbocycles. The molecular formula is C33H26Cl2N6O3. The van der Waals surface area contributed by atoms with Crippen molar-refractivity contribution in [2.24, 2.45) is 0 Å². The number of benzene rings is 3. The van der Waals surface area contributed by atoms with E-state index in [-0.39, 0.29) is 5.91 Å². The Bertz CT molecular complexity index is 2030. The van der Waals surface area contributed by atoms with Crippen LogP contribution in [0.4, 0.5) is 11.6 Å². The summed E-state index contributed by atoms with van der Waals surface area (Å²) in [5, 5.41) is 7.39. The molecule has 0 radical (unpaired) electrons. The summed E-state index contributed by atoms with van der Waals surface area (Å²) in [5.41, 5.74) is 6.90. The van der Waals surface area contributed by atoms with Gasteiger partial charge in [0, 0.05) is 53.3 Å². The predicted octanol–water partition coefficient (Wildman–Crippen LogP) is 7.77. The molecule has 0 unspecified atom stereocenters. The molecule has 0 saturated heterocycles. The second kappa shape index (κ2) is 11.9. The van der Waals surface area contributed by atoms with Gasteiger partial charge in [0.25, 0.3) is 0 Å². The van der Waals surface area contributed by atoms with Gasteiger partial charge in [-0.1, -0.05) is 66.2 Å². The fourth-order valence-corrected chi connectivity index (χ4v) is 5.69. The highest BCUT2D eigenvalue weighted by atomic mass is 35.5. The second-order valence-corrected chi connectivity index (χ2v) is 10.5. The summed E-state index contributed by atoms with van der Waals surface area (Å²) in [4.78, 5) is 25.9. The van der Waals surface area contributed by atoms with Crippen LogP contribution in [0.25, 0.3) is 50.2 Å². The van der Waals surface area contributed by atoms with Gasteiger partial charge in [0.2, 0.25) is 11.9 Å². The smallest absolute Gasteiger partial charge is 0.247 e. The normalized spacial score (nSPS) is 11.0. The zero-order valence-electron chi connectivity index (χ0n) is 24.0. The maximum absolute atomic E-state index is 11.7. The van der Waals surface area contributed by atoms with Crippen molar-refractivity contribution in [2.45, 2.75) is 0 Å². The van der Waals surface area contributed by atoms with E-state index in [1.54, 1.807) is 33.5 Å². The van der Waals surface area contributed by atoms with Crippen LogP contribution in [0.3, 0.4) is 0 Å². The number of anilines is 2. The molecule has 0 fully saturated rings. The van der Waals surface area contributed by atoms with Crippen molar-refractivity contribution in [1.29, 1.82) is 0 Å². The van der Waals surface area contributed by atoms with Crippen molar-refractivity contribution >= 4 is 57.4 Å². The number of methoxy groups -OCH3 is 2. The average molecular weight is 626 g/mol. The van der Waals surface area contributed by atoms with Gasteiger partial charge in [-0.3, -0.25) is 9.20 Å². The van der Waals surface area contributed by atoms with E-state index in [1.807, 2.05) is 65.2 Å². The van der Waals surface area contributed by atoms with Crippen LogP contribution in [0.2, 0.25) is 10.0 Å². The fourth-order valence-electron chi connectivity index (χ4n) is 4.97. The largest absolute Gasteiger partial charge is 0.495 e. The van der Waals surface area contributed by atoms with Crippen LogP contribution in [-0.4, -0.2) is 46.5 Å². The third-order valence-corrected chi connectivity index (χ3v) is 7.94. The minimum atomic E-state index is -0.275. The molecule has 0 saturated carbocycles. The Morgan fingerprint density at radius 2 is 1.52 bits per heavy atom. The molecule has 3 heterocycles. The Kier molecular flexibility index (Phi) is 7.82. The Labute approximate surface area is 263 Å². The third kappa shape index (κ3) is 5.16. The van der Waals surface area contributed by atoms with E-state index in [9.17, 15) is 4.79 Å². The molecule has 0 atom stereocenters. The maximum Gasteiger partial charge on any atom is 0.247 e. The Morgan fingerprint density at radius 3 is 2.14 bits per heavy atom. The van der Waals surface area contributed by atoms with Crippen LogP contribution < -0.4 is 20.1 Å². The molecule has 2 N–H and O–H groups in total. The monoisotopic (exact) mass is 624 g/mol. The van der Waals surface area contributed by atoms with Crippen LogP contribution in [0.1, 0.15) is 0 Å². The van der Waals surface area contributed by atoms with Crippen molar-refractivity contribution in [3.8, 4) is 45.0 Å². The van der Waals surface area contributed by atoms with Crippen molar-refractivity contribution < 1.29 is 14.3 Å². The quantitative estimate of drug-likeness (QED) is 0.167. The standard InChI is InChI=1S/C33H26Cl2N6O3/c1-5-27(42)38-22-12-10-19(11-13-22)24-17-41-31-21(16-37-33(36-2)40-31)14-23(32(41)39-24)18-6-8-20(9-7-18)28-29(34)25(43-3)15-26(44-4)30(28)35/h5-17H,1H2,2-4H3,(H,38,42)(H,36,37,40). The molecule has 11 heteroatoms. The Hall–Kier alpha value is -5.12. The number of carbonyl (C=O) groups excluding carboxylic acids is 1. The molecule has 0 aliphatic rings. The van der Waals surface area contributed by atoms with Gasteiger partial charge in [-0.15, -0.1) is 0 Å². The van der Waals surface area contributed by atoms with Gasteiger partial charge in [-0.25, -0.2) is 9.97 Å². The lowest BCUT2D eigenvalue weighted by Crippen LogP contribution is -2.06. The molecule has 44 heavy (non-hydrogen) atoms. The van der Waals surface area contributed by atoms with E-state index >= 15 is 0 Å². The van der Waals surface area contributed by atoms with Gasteiger partial charge in [0.15, 0.2) is 5.65 Å². The summed E-state index contributed by atoms with van der Waals surface area (Å²) in [6.07, 6.45) is 4.96. The lowest BCUT2D eigenvalue weighted by atomic mass is 9.99. The minimum Gasteiger partial charge on any atom is -0.495 e. The summed E-state index contributed by atoms with van der Waals surface area (Å²) < 4.78 is 12.9. The number of hydrogen-bond acceptors (Lipinski definition) is 7. The van der Waals surface area contributed by atoms with Gasteiger partial charge >= 0.3 is 0 Å². The molecule has 6 aromatic rings. The van der Waals surface area contributed by atoms with Crippen molar-refractivity contribution in [1.82, 2.24) is 19.4 Å². The molecule has 6 rings (SSSR count). The van der Waals surface area contributed by atoms with Crippen molar-refractivity contribution in [2.75, 3.05) is 31.9 Å². The summed E-state index contributed by atoms with van der Waals surface area (Å²) in [6, 6.07) is 19.0. The number of halogens is 2. The number of rotatable bonds is 8. The molecule has 0 spiro atoms. The highest BCUT2D eigenvalue weighted by Gasteiger charge is 2.20. The predicted molar refractivity (Wildman–Crippen MR) is 176 cm³/mol. The number of amides is 1. The van der Waals surface area contributed by atoms with E-state index in [4.69, 9.17) is 42.6 Å². The number of aromatic nitrogens is 4. The number of nitrogens with one attached hydrogen (secondary N) is 2. The first kappa shape index (κ1) is 29.0. The first-order chi connectivity index (χ1) is 21.3. The molecule has 0 aliphatic heterocycles. The van der Waals surface area contributed by atoms with E-state index in [2.05, 4.69) is 22.2 Å². The second-order valence-electron chi connectivity index (χ2n) is 9.73. The summed E-state index contributed by atoms with van der Waals surface area (Å²) >= 11 is 13.4. The van der Waals surface area contributed by atoms with E-state index in [1.165, 1.54) is 6.08 Å². The number of carbonyl (C=O) groups is 1. The van der Waals surface area contributed by atoms with E-state index in [0.29, 0.717) is 50.0 Å². The van der Waals surface area contributed by atoms with Crippen molar-refractivity contribution in [3.05, 3.63) is 95.8 Å². The number of ether oxygens (including phenoxy) is 2. The molecule has 0 bridgehead atoms. The number of hydrogen-bond donors (Lipinski definition) is 2. The Morgan fingerprint density at radius 1 is 0.886 bits per heavy atom. The first-order valence-electron chi connectivity index (χ1n) is 13.5. The number of pyridine rings is 1. The van der Waals surface area contributed by atoms with E-state index in [0.717, 1.165) is 33.3 Å². The van der Waals surface area contributed by atoms with Crippen LogP contribution in [0.5, 0.6) is 11.5 Å². The molecular weight excluding hydrogens is 599 g/mol. The van der Waals surface area contributed by atoms with Crippen LogP contribution >= 0.6 is 23.2 Å². The van der Waals surface area contributed by atoms with Crippen LogP contribution in [-0.2, 0) is 4.79 Å². The Balaban J connectivity index is 1.48. The van der Waals surface area contributed by atoms with Gasteiger partial charge in [0.05, 0.1) is 30.0 Å². The van der Waals surface area contributed by atoms with E-state index < -0.39 is 0 Å². The fraction of sp³-hybridized carbons (Fsp3) is 0.0909. The van der Waals surface area contributed by atoms with Crippen molar-refractivity contribution in [3.63, 3.8) is 0 Å². The zero-order chi connectivity index (χ0) is 31.0. The van der Waals surface area contributed by atoms with Crippen LogP contribution in [0.15, 0.2) is 85.7 Å². The summed E-state index contributed by atoms with van der Waals surface area (Å²) in [7, 11) is 4.86. The molecule has 3 aromatic carbocycles. The van der Waals surface area contributed by atoms with Gasteiger partial charge in [0.1, 0.15) is 17.1 Å². The summed E-state index contributed by atoms with van der Waals surface area (Å²) in [5.74, 6) is 1.15. The van der Waals surface area contributed by atoms with Crippen LogP contribution in [0, 0.1) is 0 Å². The zero-order valence-corrected chi connectivity index (χ0v) is 25.5. The molecule has 1 amide bonds. The third-order valence-electron chi connectivity index (χ3n) is 7.19. The lowest BCUT2D eigenvalue weighted by molar-refractivity contribution is -0.111. The average Bonchev–Trinajstić information content (AvgIpc) is 3.51. The first-order valence-corrected chi connectivity index (χ1v) is 14.2. The number of nitrogens with zero attached hydrogens (tertiary/aromatic N) is 4. The topological polar surface area (TPSA) is 103 Å². The number of fused-ring (bicyclic) bond motifs is 3. The van der Waals surface area contributed by atoms with Gasteiger partial charge < -0.3 is 20.1 Å². The highest BCUT2D eigenvalue weighted by Crippen LogP contribution is 2.46. The minimum absolute atomic E-state index is 0.275. The highest BCUT2D eigenvalue weighted by molar-refractivity contribution is 6.41. The molecule has 220 valence electrons. The molecule has 3 aromatic heterocycles. The summed E-state index contributed by atoms with van der Waals surface area (Å²) in [6.45, 7) is 3.50. The lowest BCUT2D eigenvalue weighted by Gasteiger charge is -2.15. The van der Waals surface area contributed by atoms with Gasteiger partial charge in [-0.05, 0) is 35.4 Å². The van der Waals surface area contributed by atoms with Gasteiger partial charge in [-0.2, -0.15) is 4.98 Å². The maximum atomic E-state index is 11.7. The SMILES string of the molecule is C=CC(=O)Nc1ccc(-c2cn3c(n2)c(-c2ccc(-c4c(Cl)c(OC)cc(OC)c4Cl)cc2)cc2cnc(NC)nc23)cc1.